The quantitative estimate of drug-likeness (QED) is 0.388. The molecular weight excluding hydrogens is 262 g/mol. The highest BCUT2D eigenvalue weighted by molar-refractivity contribution is 5.69. The number of rotatable bonds is 16. The Hall–Kier alpha value is -0.570. The van der Waals surface area contributed by atoms with Crippen LogP contribution in [0.25, 0.3) is 0 Å². The van der Waals surface area contributed by atoms with Gasteiger partial charge in [0.05, 0.1) is 5.92 Å². The van der Waals surface area contributed by atoms with Crippen molar-refractivity contribution in [3.8, 4) is 0 Å². The first kappa shape index (κ1) is 20.4. The van der Waals surface area contributed by atoms with Crippen molar-refractivity contribution in [3.05, 3.63) is 0 Å². The monoisotopic (exact) mass is 299 g/mol. The number of unbranched alkanes of at least 4 members (excludes halogenated alkanes) is 10. The number of aliphatic carboxylic acids is 1. The van der Waals surface area contributed by atoms with Crippen molar-refractivity contribution in [2.45, 2.75) is 96.8 Å². The summed E-state index contributed by atoms with van der Waals surface area (Å²) in [7, 11) is 0. The van der Waals surface area contributed by atoms with Crippen LogP contribution in [0, 0.1) is 5.92 Å². The zero-order chi connectivity index (χ0) is 15.8. The van der Waals surface area contributed by atoms with E-state index in [1.165, 1.54) is 57.8 Å². The Kier molecular flexibility index (Phi) is 15.4. The van der Waals surface area contributed by atoms with E-state index in [2.05, 4.69) is 6.92 Å². The minimum Gasteiger partial charge on any atom is -0.481 e. The van der Waals surface area contributed by atoms with Gasteiger partial charge in [0, 0.05) is 0 Å². The van der Waals surface area contributed by atoms with E-state index in [1.54, 1.807) is 0 Å². The van der Waals surface area contributed by atoms with Crippen molar-refractivity contribution >= 4 is 5.97 Å². The van der Waals surface area contributed by atoms with Crippen LogP contribution < -0.4 is 5.73 Å². The summed E-state index contributed by atoms with van der Waals surface area (Å²) in [5.41, 5.74) is 5.45. The summed E-state index contributed by atoms with van der Waals surface area (Å²) in [6, 6.07) is 0. The normalized spacial score (nSPS) is 12.5. The van der Waals surface area contributed by atoms with Gasteiger partial charge in [-0.15, -0.1) is 0 Å². The van der Waals surface area contributed by atoms with Crippen molar-refractivity contribution < 1.29 is 9.90 Å². The molecule has 126 valence electrons. The molecule has 3 N–H and O–H groups in total. The van der Waals surface area contributed by atoms with Gasteiger partial charge in [0.2, 0.25) is 0 Å². The third-order valence-electron chi connectivity index (χ3n) is 4.26. The Morgan fingerprint density at radius 3 is 1.67 bits per heavy atom. The Labute approximate surface area is 131 Å². The van der Waals surface area contributed by atoms with Gasteiger partial charge in [-0.2, -0.15) is 0 Å². The SMILES string of the molecule is CCCCCCCCCCCCC(CCCCN)C(=O)O. The summed E-state index contributed by atoms with van der Waals surface area (Å²) < 4.78 is 0. The molecule has 0 spiro atoms. The zero-order valence-electron chi connectivity index (χ0n) is 14.1. The molecule has 0 aromatic rings. The second-order valence-corrected chi connectivity index (χ2v) is 6.29. The van der Waals surface area contributed by atoms with Crippen LogP contribution in [0.3, 0.4) is 0 Å². The lowest BCUT2D eigenvalue weighted by Crippen LogP contribution is -2.14. The molecule has 0 aromatic carbocycles. The number of hydrogen-bond acceptors (Lipinski definition) is 2. The van der Waals surface area contributed by atoms with E-state index in [4.69, 9.17) is 5.73 Å². The molecule has 0 amide bonds. The van der Waals surface area contributed by atoms with Gasteiger partial charge < -0.3 is 10.8 Å². The van der Waals surface area contributed by atoms with Gasteiger partial charge in [0.15, 0.2) is 0 Å². The fourth-order valence-corrected chi connectivity index (χ4v) is 2.80. The smallest absolute Gasteiger partial charge is 0.306 e. The maximum Gasteiger partial charge on any atom is 0.306 e. The van der Waals surface area contributed by atoms with E-state index in [1.807, 2.05) is 0 Å². The third kappa shape index (κ3) is 14.1. The summed E-state index contributed by atoms with van der Waals surface area (Å²) in [6.45, 7) is 2.92. The first-order valence-electron chi connectivity index (χ1n) is 9.15. The molecule has 0 aromatic heterocycles. The maximum absolute atomic E-state index is 11.2. The Morgan fingerprint density at radius 2 is 1.24 bits per heavy atom. The molecule has 1 unspecified atom stereocenters. The van der Waals surface area contributed by atoms with E-state index >= 15 is 0 Å². The fourth-order valence-electron chi connectivity index (χ4n) is 2.80. The minimum absolute atomic E-state index is 0.148. The average Bonchev–Trinajstić information content (AvgIpc) is 2.47. The minimum atomic E-state index is -0.622. The number of carboxylic acids is 1. The maximum atomic E-state index is 11.2. The van der Waals surface area contributed by atoms with E-state index in [0.29, 0.717) is 6.54 Å². The van der Waals surface area contributed by atoms with Crippen LogP contribution in [-0.4, -0.2) is 17.6 Å². The molecular formula is C18H37NO2. The number of nitrogens with two attached hydrogens (primary N) is 1. The summed E-state index contributed by atoms with van der Waals surface area (Å²) in [6.07, 6.45) is 16.6. The van der Waals surface area contributed by atoms with Gasteiger partial charge in [0.25, 0.3) is 0 Å². The molecule has 0 radical (unpaired) electrons. The molecule has 0 aliphatic carbocycles. The molecule has 0 aliphatic heterocycles. The van der Waals surface area contributed by atoms with Crippen LogP contribution in [0.1, 0.15) is 96.8 Å². The van der Waals surface area contributed by atoms with E-state index < -0.39 is 5.97 Å². The summed E-state index contributed by atoms with van der Waals surface area (Å²) in [4.78, 5) is 11.2. The molecule has 1 atom stereocenters. The highest BCUT2D eigenvalue weighted by atomic mass is 16.4. The van der Waals surface area contributed by atoms with Gasteiger partial charge >= 0.3 is 5.97 Å². The van der Waals surface area contributed by atoms with Gasteiger partial charge in [0.1, 0.15) is 0 Å². The second kappa shape index (κ2) is 15.8. The van der Waals surface area contributed by atoms with Crippen LogP contribution in [-0.2, 0) is 4.79 Å². The number of hydrogen-bond donors (Lipinski definition) is 2. The van der Waals surface area contributed by atoms with Gasteiger partial charge in [-0.25, -0.2) is 0 Å². The molecule has 3 nitrogen and oxygen atoms in total. The molecule has 0 rings (SSSR count). The lowest BCUT2D eigenvalue weighted by molar-refractivity contribution is -0.142. The van der Waals surface area contributed by atoms with Crippen LogP contribution in [0.4, 0.5) is 0 Å². The van der Waals surface area contributed by atoms with Gasteiger partial charge in [-0.3, -0.25) is 4.79 Å². The van der Waals surface area contributed by atoms with Gasteiger partial charge in [-0.05, 0) is 25.8 Å². The van der Waals surface area contributed by atoms with Crippen LogP contribution in [0.5, 0.6) is 0 Å². The lowest BCUT2D eigenvalue weighted by atomic mass is 9.95. The fraction of sp³-hybridized carbons (Fsp3) is 0.944. The standard InChI is InChI=1S/C18H37NO2/c1-2-3-4-5-6-7-8-9-10-11-14-17(18(20)21)15-12-13-16-19/h17H,2-16,19H2,1H3,(H,20,21). The predicted octanol–water partition coefficient (Wildman–Crippen LogP) is 5.13. The molecule has 0 heterocycles. The highest BCUT2D eigenvalue weighted by Crippen LogP contribution is 2.18. The van der Waals surface area contributed by atoms with Crippen molar-refractivity contribution in [1.29, 1.82) is 0 Å². The van der Waals surface area contributed by atoms with Crippen molar-refractivity contribution in [3.63, 3.8) is 0 Å². The summed E-state index contributed by atoms with van der Waals surface area (Å²) in [5.74, 6) is -0.770. The van der Waals surface area contributed by atoms with Crippen molar-refractivity contribution in [2.24, 2.45) is 11.7 Å². The molecule has 0 saturated carbocycles. The summed E-state index contributed by atoms with van der Waals surface area (Å²) in [5, 5.41) is 9.18. The highest BCUT2D eigenvalue weighted by Gasteiger charge is 2.15. The first-order valence-corrected chi connectivity index (χ1v) is 9.15. The largest absolute Gasteiger partial charge is 0.481 e. The Morgan fingerprint density at radius 1 is 0.810 bits per heavy atom. The first-order chi connectivity index (χ1) is 10.2. The lowest BCUT2D eigenvalue weighted by Gasteiger charge is -2.11. The van der Waals surface area contributed by atoms with Crippen molar-refractivity contribution in [2.75, 3.05) is 6.54 Å². The Bertz CT molecular complexity index is 231. The predicted molar refractivity (Wildman–Crippen MR) is 90.5 cm³/mol. The van der Waals surface area contributed by atoms with E-state index in [-0.39, 0.29) is 5.92 Å². The third-order valence-corrected chi connectivity index (χ3v) is 4.26. The van der Waals surface area contributed by atoms with Gasteiger partial charge in [-0.1, -0.05) is 77.6 Å². The molecule has 0 aliphatic rings. The average molecular weight is 299 g/mol. The van der Waals surface area contributed by atoms with Crippen LogP contribution in [0.2, 0.25) is 0 Å². The Balaban J connectivity index is 3.39. The van der Waals surface area contributed by atoms with Crippen LogP contribution >= 0.6 is 0 Å². The molecule has 0 saturated heterocycles. The molecule has 21 heavy (non-hydrogen) atoms. The van der Waals surface area contributed by atoms with E-state index in [9.17, 15) is 9.90 Å². The topological polar surface area (TPSA) is 63.3 Å². The number of carboxylic acid groups (broad SMARTS) is 1. The zero-order valence-corrected chi connectivity index (χ0v) is 14.1. The van der Waals surface area contributed by atoms with Crippen molar-refractivity contribution in [1.82, 2.24) is 0 Å². The summed E-state index contributed by atoms with van der Waals surface area (Å²) >= 11 is 0. The number of carbonyl (C=O) groups is 1. The molecule has 0 fully saturated rings. The second-order valence-electron chi connectivity index (χ2n) is 6.29. The molecule has 0 bridgehead atoms. The van der Waals surface area contributed by atoms with E-state index in [0.717, 1.165) is 32.1 Å². The van der Waals surface area contributed by atoms with Crippen LogP contribution in [0.15, 0.2) is 0 Å². The molecule has 3 heteroatoms.